The van der Waals surface area contributed by atoms with Crippen molar-refractivity contribution >= 4 is 11.0 Å². The minimum Gasteiger partial charge on any atom is -0.392 e. The van der Waals surface area contributed by atoms with Gasteiger partial charge in [0.15, 0.2) is 0 Å². The first-order valence-electron chi connectivity index (χ1n) is 9.20. The van der Waals surface area contributed by atoms with Gasteiger partial charge in [0, 0.05) is 35.3 Å². The second-order valence-electron chi connectivity index (χ2n) is 7.41. The highest BCUT2D eigenvalue weighted by Gasteiger charge is 2.45. The van der Waals surface area contributed by atoms with Crippen LogP contribution in [0.15, 0.2) is 36.8 Å². The predicted octanol–water partition coefficient (Wildman–Crippen LogP) is 1.33. The number of fused-ring (bicyclic) bond motifs is 1. The molecule has 1 aliphatic rings. The Morgan fingerprint density at radius 3 is 2.74 bits per heavy atom. The van der Waals surface area contributed by atoms with Gasteiger partial charge in [-0.05, 0) is 38.5 Å². The molecule has 0 saturated heterocycles. The number of aryl methyl sites for hydroxylation is 2. The molecule has 0 bridgehead atoms. The highest BCUT2D eigenvalue weighted by Crippen LogP contribution is 2.39. The molecule has 3 aromatic rings. The van der Waals surface area contributed by atoms with Crippen molar-refractivity contribution in [1.82, 2.24) is 19.5 Å². The number of pyridine rings is 1. The number of hydrogen-bond donors (Lipinski definition) is 3. The van der Waals surface area contributed by atoms with Crippen molar-refractivity contribution in [2.24, 2.45) is 5.92 Å². The van der Waals surface area contributed by atoms with E-state index < -0.39 is 24.2 Å². The third-order valence-corrected chi connectivity index (χ3v) is 5.62. The molecule has 1 unspecified atom stereocenters. The van der Waals surface area contributed by atoms with Gasteiger partial charge in [0.05, 0.1) is 23.9 Å². The molecule has 7 nitrogen and oxygen atoms in total. The van der Waals surface area contributed by atoms with Gasteiger partial charge in [-0.3, -0.25) is 4.98 Å². The van der Waals surface area contributed by atoms with E-state index in [0.717, 1.165) is 28.1 Å². The Kier molecular flexibility index (Phi) is 4.67. The van der Waals surface area contributed by atoms with E-state index in [4.69, 9.17) is 0 Å². The number of aromatic nitrogens is 4. The standard InChI is InChI=1S/C20H24N4O3/c1-11-4-3-5-13(23-11)8-17(25)15-9-16(19(27)18(15)26)24-7-6-14-12(2)21-10-22-20(14)24/h3-7,10,15-19,25-27H,8-9H2,1-2H3/t15-,16-,17?,18-,19+/m1/s1. The van der Waals surface area contributed by atoms with Gasteiger partial charge in [-0.1, -0.05) is 6.07 Å². The van der Waals surface area contributed by atoms with E-state index in [1.807, 2.05) is 48.9 Å². The number of aliphatic hydroxyl groups excluding tert-OH is 3. The van der Waals surface area contributed by atoms with E-state index in [0.29, 0.717) is 12.8 Å². The first kappa shape index (κ1) is 18.0. The fraction of sp³-hybridized carbons (Fsp3) is 0.450. The number of aliphatic hydroxyl groups is 3. The van der Waals surface area contributed by atoms with Crippen LogP contribution in [0, 0.1) is 19.8 Å². The van der Waals surface area contributed by atoms with E-state index in [1.165, 1.54) is 6.33 Å². The van der Waals surface area contributed by atoms with E-state index >= 15 is 0 Å². The van der Waals surface area contributed by atoms with Crippen LogP contribution in [-0.4, -0.2) is 53.2 Å². The molecule has 4 rings (SSSR count). The Bertz CT molecular complexity index is 957. The molecule has 1 aliphatic carbocycles. The van der Waals surface area contributed by atoms with Crippen LogP contribution in [0.25, 0.3) is 11.0 Å². The summed E-state index contributed by atoms with van der Waals surface area (Å²) in [5.41, 5.74) is 3.27. The molecule has 1 fully saturated rings. The van der Waals surface area contributed by atoms with E-state index in [2.05, 4.69) is 15.0 Å². The fourth-order valence-electron chi connectivity index (χ4n) is 4.15. The first-order chi connectivity index (χ1) is 13.0. The highest BCUT2D eigenvalue weighted by atomic mass is 16.3. The summed E-state index contributed by atoms with van der Waals surface area (Å²) < 4.78 is 1.88. The molecule has 3 N–H and O–H groups in total. The Morgan fingerprint density at radius 1 is 1.15 bits per heavy atom. The second kappa shape index (κ2) is 6.99. The summed E-state index contributed by atoms with van der Waals surface area (Å²) in [6.45, 7) is 3.82. The van der Waals surface area contributed by atoms with E-state index in [1.54, 1.807) is 0 Å². The van der Waals surface area contributed by atoms with Crippen molar-refractivity contribution in [3.63, 3.8) is 0 Å². The Labute approximate surface area is 157 Å². The van der Waals surface area contributed by atoms with Crippen LogP contribution in [0.2, 0.25) is 0 Å². The van der Waals surface area contributed by atoms with Crippen molar-refractivity contribution in [3.8, 4) is 0 Å². The van der Waals surface area contributed by atoms with Crippen molar-refractivity contribution in [3.05, 3.63) is 53.9 Å². The number of nitrogens with zero attached hydrogens (tertiary/aromatic N) is 4. The van der Waals surface area contributed by atoms with Crippen LogP contribution in [0.4, 0.5) is 0 Å². The molecular weight excluding hydrogens is 344 g/mol. The van der Waals surface area contributed by atoms with E-state index in [9.17, 15) is 15.3 Å². The van der Waals surface area contributed by atoms with Crippen LogP contribution < -0.4 is 0 Å². The normalized spacial score (nSPS) is 26.6. The predicted molar refractivity (Wildman–Crippen MR) is 100 cm³/mol. The number of hydrogen-bond acceptors (Lipinski definition) is 6. The van der Waals surface area contributed by atoms with Crippen molar-refractivity contribution < 1.29 is 15.3 Å². The summed E-state index contributed by atoms with van der Waals surface area (Å²) in [5.74, 6) is -0.437. The molecule has 27 heavy (non-hydrogen) atoms. The summed E-state index contributed by atoms with van der Waals surface area (Å²) in [6.07, 6.45) is 1.41. The zero-order valence-corrected chi connectivity index (χ0v) is 15.4. The smallest absolute Gasteiger partial charge is 0.143 e. The highest BCUT2D eigenvalue weighted by molar-refractivity contribution is 5.78. The largest absolute Gasteiger partial charge is 0.392 e. The minimum absolute atomic E-state index is 0.344. The topological polar surface area (TPSA) is 104 Å². The zero-order valence-electron chi connectivity index (χ0n) is 15.4. The maximum absolute atomic E-state index is 10.7. The van der Waals surface area contributed by atoms with Crippen LogP contribution in [0.1, 0.15) is 29.5 Å². The monoisotopic (exact) mass is 368 g/mol. The van der Waals surface area contributed by atoms with Gasteiger partial charge < -0.3 is 19.9 Å². The molecular formula is C20H24N4O3. The number of rotatable bonds is 4. The second-order valence-corrected chi connectivity index (χ2v) is 7.41. The molecule has 5 atom stereocenters. The molecule has 0 amide bonds. The van der Waals surface area contributed by atoms with Gasteiger partial charge in [0.2, 0.25) is 0 Å². The molecule has 0 radical (unpaired) electrons. The van der Waals surface area contributed by atoms with Crippen LogP contribution in [0.3, 0.4) is 0 Å². The summed E-state index contributed by atoms with van der Waals surface area (Å²) in [4.78, 5) is 13.0. The molecule has 0 aromatic carbocycles. The molecule has 0 spiro atoms. The van der Waals surface area contributed by atoms with Crippen molar-refractivity contribution in [2.45, 2.75) is 51.0 Å². The minimum atomic E-state index is -1.00. The maximum Gasteiger partial charge on any atom is 0.143 e. The lowest BCUT2D eigenvalue weighted by molar-refractivity contribution is -0.0255. The molecule has 142 valence electrons. The molecule has 1 saturated carbocycles. The zero-order chi connectivity index (χ0) is 19.1. The third kappa shape index (κ3) is 3.22. The van der Waals surface area contributed by atoms with Crippen LogP contribution in [-0.2, 0) is 6.42 Å². The Balaban J connectivity index is 1.57. The lowest BCUT2D eigenvalue weighted by atomic mass is 9.94. The SMILES string of the molecule is Cc1cccc(CC(O)[C@H]2C[C@@H](n3ccc4c(C)ncnc43)[C@H](O)[C@@H]2O)n1. The fourth-order valence-corrected chi connectivity index (χ4v) is 4.15. The van der Waals surface area contributed by atoms with E-state index in [-0.39, 0.29) is 6.04 Å². The molecule has 3 heterocycles. The lowest BCUT2D eigenvalue weighted by Gasteiger charge is -2.21. The molecule has 0 aliphatic heterocycles. The summed E-state index contributed by atoms with van der Waals surface area (Å²) >= 11 is 0. The Hall–Kier alpha value is -2.35. The van der Waals surface area contributed by atoms with Crippen molar-refractivity contribution in [2.75, 3.05) is 0 Å². The summed E-state index contributed by atoms with van der Waals surface area (Å²) in [7, 11) is 0. The van der Waals surface area contributed by atoms with Gasteiger partial charge in [-0.2, -0.15) is 0 Å². The molecule has 7 heteroatoms. The average molecular weight is 368 g/mol. The van der Waals surface area contributed by atoms with Gasteiger partial charge in [-0.25, -0.2) is 9.97 Å². The average Bonchev–Trinajstić information content (AvgIpc) is 3.18. The summed E-state index contributed by atoms with van der Waals surface area (Å²) in [6, 6.07) is 7.24. The van der Waals surface area contributed by atoms with Gasteiger partial charge >= 0.3 is 0 Å². The lowest BCUT2D eigenvalue weighted by Crippen LogP contribution is -2.35. The van der Waals surface area contributed by atoms with Crippen LogP contribution in [0.5, 0.6) is 0 Å². The molecule has 3 aromatic heterocycles. The van der Waals surface area contributed by atoms with Crippen LogP contribution >= 0.6 is 0 Å². The third-order valence-electron chi connectivity index (χ3n) is 5.62. The van der Waals surface area contributed by atoms with Gasteiger partial charge in [0.25, 0.3) is 0 Å². The first-order valence-corrected chi connectivity index (χ1v) is 9.20. The van der Waals surface area contributed by atoms with Gasteiger partial charge in [-0.15, -0.1) is 0 Å². The van der Waals surface area contributed by atoms with Gasteiger partial charge in [0.1, 0.15) is 18.1 Å². The van der Waals surface area contributed by atoms with Crippen molar-refractivity contribution in [1.29, 1.82) is 0 Å². The summed E-state index contributed by atoms with van der Waals surface area (Å²) in [5, 5.41) is 32.9. The maximum atomic E-state index is 10.7. The Morgan fingerprint density at radius 2 is 1.96 bits per heavy atom. The quantitative estimate of drug-likeness (QED) is 0.642.